The molecule has 7 heteroatoms. The first-order valence-electron chi connectivity index (χ1n) is 5.56. The van der Waals surface area contributed by atoms with E-state index >= 15 is 0 Å². The topological polar surface area (TPSA) is 67.4 Å². The van der Waals surface area contributed by atoms with Crippen LogP contribution in [0.5, 0.6) is 5.75 Å². The number of ether oxygens (including phenoxy) is 1. The lowest BCUT2D eigenvalue weighted by Crippen LogP contribution is -2.44. The zero-order valence-corrected chi connectivity index (χ0v) is 12.1. The maximum Gasteiger partial charge on any atom is 0.321 e. The molecule has 0 unspecified atom stereocenters. The first kappa shape index (κ1) is 15.4. The zero-order valence-electron chi connectivity index (χ0n) is 10.5. The molecule has 19 heavy (non-hydrogen) atoms. The van der Waals surface area contributed by atoms with Gasteiger partial charge in [0, 0.05) is 10.5 Å². The van der Waals surface area contributed by atoms with Crippen molar-refractivity contribution in [2.75, 3.05) is 6.61 Å². The molecule has 1 aromatic rings. The molecule has 2 N–H and O–H groups in total. The summed E-state index contributed by atoms with van der Waals surface area (Å²) in [6, 6.07) is 3.50. The number of carbonyl (C=O) groups excluding carboxylic acids is 2. The van der Waals surface area contributed by atoms with Crippen LogP contribution in [-0.4, -0.2) is 24.6 Å². The molecular weight excluding hydrogens is 319 g/mol. The van der Waals surface area contributed by atoms with Crippen LogP contribution in [-0.2, 0) is 4.79 Å². The highest BCUT2D eigenvalue weighted by atomic mass is 79.9. The van der Waals surface area contributed by atoms with Gasteiger partial charge in [0.25, 0.3) is 5.91 Å². The molecule has 0 saturated heterocycles. The third kappa shape index (κ3) is 5.69. The van der Waals surface area contributed by atoms with Gasteiger partial charge in [-0.3, -0.25) is 10.1 Å². The number of imide groups is 1. The van der Waals surface area contributed by atoms with Crippen molar-refractivity contribution < 1.29 is 18.7 Å². The van der Waals surface area contributed by atoms with E-state index < -0.39 is 24.4 Å². The highest BCUT2D eigenvalue weighted by Crippen LogP contribution is 2.21. The van der Waals surface area contributed by atoms with E-state index in [4.69, 9.17) is 4.74 Å². The third-order valence-corrected chi connectivity index (χ3v) is 2.42. The first-order chi connectivity index (χ1) is 8.88. The Hall–Kier alpha value is -1.63. The molecule has 104 valence electrons. The van der Waals surface area contributed by atoms with Crippen molar-refractivity contribution in [3.05, 3.63) is 28.5 Å². The van der Waals surface area contributed by atoms with E-state index in [0.29, 0.717) is 4.47 Å². The fourth-order valence-electron chi connectivity index (χ4n) is 1.20. The van der Waals surface area contributed by atoms with E-state index in [1.165, 1.54) is 12.1 Å². The zero-order chi connectivity index (χ0) is 14.4. The second-order valence-corrected chi connectivity index (χ2v) is 4.96. The van der Waals surface area contributed by atoms with Crippen molar-refractivity contribution in [2.45, 2.75) is 19.9 Å². The van der Waals surface area contributed by atoms with E-state index in [1.807, 2.05) is 0 Å². The van der Waals surface area contributed by atoms with Gasteiger partial charge >= 0.3 is 6.03 Å². The first-order valence-corrected chi connectivity index (χ1v) is 6.36. The molecule has 0 bridgehead atoms. The van der Waals surface area contributed by atoms with Gasteiger partial charge in [-0.05, 0) is 32.0 Å². The quantitative estimate of drug-likeness (QED) is 0.888. The third-order valence-electron chi connectivity index (χ3n) is 1.93. The molecule has 1 aromatic carbocycles. The van der Waals surface area contributed by atoms with Crippen LogP contribution in [0.4, 0.5) is 9.18 Å². The van der Waals surface area contributed by atoms with Crippen molar-refractivity contribution in [1.29, 1.82) is 0 Å². The fraction of sp³-hybridized carbons (Fsp3) is 0.333. The smallest absolute Gasteiger partial charge is 0.321 e. The van der Waals surface area contributed by atoms with Crippen LogP contribution in [0.2, 0.25) is 0 Å². The van der Waals surface area contributed by atoms with Crippen LogP contribution in [0, 0.1) is 5.82 Å². The maximum atomic E-state index is 13.4. The normalized spacial score (nSPS) is 10.2. The Morgan fingerprint density at radius 1 is 1.42 bits per heavy atom. The summed E-state index contributed by atoms with van der Waals surface area (Å²) in [5.74, 6) is -1.29. The summed E-state index contributed by atoms with van der Waals surface area (Å²) in [5.41, 5.74) is 0. The van der Waals surface area contributed by atoms with E-state index in [1.54, 1.807) is 19.9 Å². The average molecular weight is 333 g/mol. The van der Waals surface area contributed by atoms with E-state index in [0.717, 1.165) is 0 Å². The number of amides is 3. The minimum atomic E-state index is -0.652. The molecule has 5 nitrogen and oxygen atoms in total. The predicted octanol–water partition coefficient (Wildman–Crippen LogP) is 2.20. The van der Waals surface area contributed by atoms with Gasteiger partial charge in [-0.2, -0.15) is 0 Å². The van der Waals surface area contributed by atoms with E-state index in [-0.39, 0.29) is 11.8 Å². The molecule has 0 aliphatic heterocycles. The number of urea groups is 1. The number of halogens is 2. The summed E-state index contributed by atoms with van der Waals surface area (Å²) >= 11 is 3.10. The minimum Gasteiger partial charge on any atom is -0.481 e. The molecule has 0 aromatic heterocycles. The second-order valence-electron chi connectivity index (χ2n) is 4.04. The van der Waals surface area contributed by atoms with Gasteiger partial charge in [0.15, 0.2) is 18.2 Å². The summed E-state index contributed by atoms with van der Waals surface area (Å²) in [6.07, 6.45) is 0. The highest BCUT2D eigenvalue weighted by Gasteiger charge is 2.11. The Morgan fingerprint density at radius 3 is 2.68 bits per heavy atom. The minimum absolute atomic E-state index is 0.0531. The monoisotopic (exact) mass is 332 g/mol. The van der Waals surface area contributed by atoms with Crippen LogP contribution in [0.1, 0.15) is 13.8 Å². The predicted molar refractivity (Wildman–Crippen MR) is 71.4 cm³/mol. The van der Waals surface area contributed by atoms with Gasteiger partial charge < -0.3 is 10.1 Å². The van der Waals surface area contributed by atoms with Gasteiger partial charge in [0.2, 0.25) is 0 Å². The number of nitrogens with one attached hydrogen (secondary N) is 2. The molecule has 0 saturated carbocycles. The SMILES string of the molecule is CC(C)NC(=O)NC(=O)COc1ccc(Br)cc1F. The molecule has 3 amide bonds. The molecule has 1 rings (SSSR count). The Bertz CT molecular complexity index is 480. The van der Waals surface area contributed by atoms with Crippen molar-refractivity contribution in [3.63, 3.8) is 0 Å². The summed E-state index contributed by atoms with van der Waals surface area (Å²) in [5, 5.41) is 4.55. The van der Waals surface area contributed by atoms with E-state index in [2.05, 4.69) is 26.6 Å². The molecule has 0 aliphatic carbocycles. The van der Waals surface area contributed by atoms with Gasteiger partial charge in [-0.1, -0.05) is 15.9 Å². The van der Waals surface area contributed by atoms with Crippen LogP contribution in [0.15, 0.2) is 22.7 Å². The van der Waals surface area contributed by atoms with Crippen LogP contribution >= 0.6 is 15.9 Å². The lowest BCUT2D eigenvalue weighted by molar-refractivity contribution is -0.122. The molecule has 0 aliphatic rings. The van der Waals surface area contributed by atoms with Gasteiger partial charge in [0.1, 0.15) is 0 Å². The maximum absolute atomic E-state index is 13.4. The number of carbonyl (C=O) groups is 2. The van der Waals surface area contributed by atoms with Crippen molar-refractivity contribution in [2.24, 2.45) is 0 Å². The lowest BCUT2D eigenvalue weighted by Gasteiger charge is -2.10. The van der Waals surface area contributed by atoms with E-state index in [9.17, 15) is 14.0 Å². The lowest BCUT2D eigenvalue weighted by atomic mass is 10.3. The van der Waals surface area contributed by atoms with Gasteiger partial charge in [-0.25, -0.2) is 9.18 Å². The average Bonchev–Trinajstić information content (AvgIpc) is 2.26. The molecule has 0 radical (unpaired) electrons. The molecule has 0 heterocycles. The summed E-state index contributed by atoms with van der Waals surface area (Å²) in [6.45, 7) is 3.08. The summed E-state index contributed by atoms with van der Waals surface area (Å²) < 4.78 is 18.9. The number of hydrogen-bond acceptors (Lipinski definition) is 3. The van der Waals surface area contributed by atoms with Crippen molar-refractivity contribution in [1.82, 2.24) is 10.6 Å². The van der Waals surface area contributed by atoms with Crippen molar-refractivity contribution in [3.8, 4) is 5.75 Å². The van der Waals surface area contributed by atoms with Gasteiger partial charge in [-0.15, -0.1) is 0 Å². The molecule has 0 spiro atoms. The largest absolute Gasteiger partial charge is 0.481 e. The molecule has 0 fully saturated rings. The fourth-order valence-corrected chi connectivity index (χ4v) is 1.53. The van der Waals surface area contributed by atoms with Crippen molar-refractivity contribution >= 4 is 27.9 Å². The number of hydrogen-bond donors (Lipinski definition) is 2. The van der Waals surface area contributed by atoms with Crippen LogP contribution in [0.25, 0.3) is 0 Å². The Kier molecular flexibility index (Phi) is 5.75. The standard InChI is InChI=1S/C12H14BrFN2O3/c1-7(2)15-12(18)16-11(17)6-19-10-4-3-8(13)5-9(10)14/h3-5,7H,6H2,1-2H3,(H2,15,16,17,18). The second kappa shape index (κ2) is 7.08. The number of benzene rings is 1. The Labute approximate surface area is 118 Å². The van der Waals surface area contributed by atoms with Gasteiger partial charge in [0.05, 0.1) is 0 Å². The Balaban J connectivity index is 2.44. The number of rotatable bonds is 4. The summed E-state index contributed by atoms with van der Waals surface area (Å²) in [7, 11) is 0. The summed E-state index contributed by atoms with van der Waals surface area (Å²) in [4.78, 5) is 22.6. The highest BCUT2D eigenvalue weighted by molar-refractivity contribution is 9.10. The van der Waals surface area contributed by atoms with Crippen LogP contribution < -0.4 is 15.4 Å². The molecule has 0 atom stereocenters. The van der Waals surface area contributed by atoms with Crippen LogP contribution in [0.3, 0.4) is 0 Å². The Morgan fingerprint density at radius 2 is 2.11 bits per heavy atom. The molecular formula is C12H14BrFN2O3.